The standard InChI is InChI=1S/C12H19N3O3S/c1-3-14-12(16)8-15-19(17,18)11-5-4-10(7-13)6-9(11)2/h4-6,15H,3,7-8,13H2,1-2H3,(H,14,16). The molecule has 0 aromatic heterocycles. The van der Waals surface area contributed by atoms with E-state index in [2.05, 4.69) is 10.0 Å². The summed E-state index contributed by atoms with van der Waals surface area (Å²) in [5, 5.41) is 2.52. The minimum absolute atomic E-state index is 0.161. The number of likely N-dealkylation sites (N-methyl/N-ethyl adjacent to an activating group) is 1. The molecule has 0 radical (unpaired) electrons. The molecular weight excluding hydrogens is 266 g/mol. The van der Waals surface area contributed by atoms with Crippen molar-refractivity contribution in [2.24, 2.45) is 5.73 Å². The van der Waals surface area contributed by atoms with E-state index in [0.29, 0.717) is 18.7 Å². The monoisotopic (exact) mass is 285 g/mol. The van der Waals surface area contributed by atoms with Gasteiger partial charge in [0, 0.05) is 13.1 Å². The maximum atomic E-state index is 12.0. The fraction of sp³-hybridized carbons (Fsp3) is 0.417. The number of benzene rings is 1. The maximum absolute atomic E-state index is 12.0. The van der Waals surface area contributed by atoms with E-state index in [1.165, 1.54) is 6.07 Å². The number of sulfonamides is 1. The molecule has 1 amide bonds. The minimum Gasteiger partial charge on any atom is -0.355 e. The molecule has 1 aromatic carbocycles. The van der Waals surface area contributed by atoms with Gasteiger partial charge in [-0.15, -0.1) is 0 Å². The molecule has 1 rings (SSSR count). The first kappa shape index (κ1) is 15.6. The van der Waals surface area contributed by atoms with Crippen LogP contribution in [-0.4, -0.2) is 27.4 Å². The number of aryl methyl sites for hydroxylation is 1. The van der Waals surface area contributed by atoms with Gasteiger partial charge in [-0.3, -0.25) is 4.79 Å². The first-order chi connectivity index (χ1) is 8.90. The highest BCUT2D eigenvalue weighted by Gasteiger charge is 2.17. The third-order valence-corrected chi connectivity index (χ3v) is 4.12. The predicted molar refractivity (Wildman–Crippen MR) is 72.9 cm³/mol. The predicted octanol–water partition coefficient (Wildman–Crippen LogP) is -0.132. The fourth-order valence-electron chi connectivity index (χ4n) is 1.64. The molecule has 0 bridgehead atoms. The number of hydrogen-bond donors (Lipinski definition) is 3. The molecule has 0 saturated heterocycles. The zero-order chi connectivity index (χ0) is 14.5. The van der Waals surface area contributed by atoms with Crippen LogP contribution < -0.4 is 15.8 Å². The van der Waals surface area contributed by atoms with Crippen LogP contribution in [-0.2, 0) is 21.4 Å². The average molecular weight is 285 g/mol. The zero-order valence-electron chi connectivity index (χ0n) is 11.1. The van der Waals surface area contributed by atoms with Crippen LogP contribution in [0.5, 0.6) is 0 Å². The van der Waals surface area contributed by atoms with Gasteiger partial charge in [0.05, 0.1) is 11.4 Å². The average Bonchev–Trinajstić information content (AvgIpc) is 2.36. The van der Waals surface area contributed by atoms with Crippen LogP contribution in [0.15, 0.2) is 23.1 Å². The van der Waals surface area contributed by atoms with E-state index in [1.54, 1.807) is 26.0 Å². The summed E-state index contributed by atoms with van der Waals surface area (Å²) < 4.78 is 26.3. The van der Waals surface area contributed by atoms with E-state index in [0.717, 1.165) is 5.56 Å². The van der Waals surface area contributed by atoms with Crippen molar-refractivity contribution < 1.29 is 13.2 Å². The molecule has 1 aromatic rings. The molecule has 0 aliphatic carbocycles. The molecule has 0 unspecified atom stereocenters. The Bertz CT molecular complexity index is 555. The maximum Gasteiger partial charge on any atom is 0.241 e. The van der Waals surface area contributed by atoms with Gasteiger partial charge < -0.3 is 11.1 Å². The van der Waals surface area contributed by atoms with Gasteiger partial charge in [0.15, 0.2) is 0 Å². The van der Waals surface area contributed by atoms with E-state index >= 15 is 0 Å². The molecule has 0 fully saturated rings. The quantitative estimate of drug-likeness (QED) is 0.677. The van der Waals surface area contributed by atoms with Gasteiger partial charge in [-0.05, 0) is 31.0 Å². The van der Waals surface area contributed by atoms with Crippen LogP contribution in [0.2, 0.25) is 0 Å². The summed E-state index contributed by atoms with van der Waals surface area (Å²) in [5.74, 6) is -0.359. The van der Waals surface area contributed by atoms with Crippen LogP contribution in [0.25, 0.3) is 0 Å². The third kappa shape index (κ3) is 4.30. The van der Waals surface area contributed by atoms with E-state index < -0.39 is 10.0 Å². The molecule has 7 heteroatoms. The van der Waals surface area contributed by atoms with Gasteiger partial charge in [-0.25, -0.2) is 13.1 Å². The summed E-state index contributed by atoms with van der Waals surface area (Å²) in [6, 6.07) is 4.88. The summed E-state index contributed by atoms with van der Waals surface area (Å²) in [6.45, 7) is 4.01. The smallest absolute Gasteiger partial charge is 0.241 e. The van der Waals surface area contributed by atoms with Gasteiger partial charge >= 0.3 is 0 Å². The highest BCUT2D eigenvalue weighted by Crippen LogP contribution is 2.16. The molecule has 0 atom stereocenters. The number of nitrogens with two attached hydrogens (primary N) is 1. The van der Waals surface area contributed by atoms with Crippen molar-refractivity contribution in [3.63, 3.8) is 0 Å². The van der Waals surface area contributed by atoms with Crippen molar-refractivity contribution in [1.82, 2.24) is 10.0 Å². The van der Waals surface area contributed by atoms with Crippen molar-refractivity contribution in [2.45, 2.75) is 25.3 Å². The van der Waals surface area contributed by atoms with Crippen LogP contribution in [0.1, 0.15) is 18.1 Å². The van der Waals surface area contributed by atoms with Crippen molar-refractivity contribution in [2.75, 3.05) is 13.1 Å². The first-order valence-electron chi connectivity index (χ1n) is 5.96. The molecule has 19 heavy (non-hydrogen) atoms. The SMILES string of the molecule is CCNC(=O)CNS(=O)(=O)c1ccc(CN)cc1C. The second-order valence-electron chi connectivity index (χ2n) is 4.08. The second kappa shape index (κ2) is 6.65. The molecular formula is C12H19N3O3S. The van der Waals surface area contributed by atoms with Gasteiger partial charge in [-0.1, -0.05) is 12.1 Å². The highest BCUT2D eigenvalue weighted by atomic mass is 32.2. The Morgan fingerprint density at radius 2 is 2.05 bits per heavy atom. The number of amides is 1. The van der Waals surface area contributed by atoms with Crippen molar-refractivity contribution in [1.29, 1.82) is 0 Å². The topological polar surface area (TPSA) is 101 Å². The fourth-order valence-corrected chi connectivity index (χ4v) is 2.84. The first-order valence-corrected chi connectivity index (χ1v) is 7.45. The minimum atomic E-state index is -3.68. The summed E-state index contributed by atoms with van der Waals surface area (Å²) in [6.07, 6.45) is 0. The second-order valence-corrected chi connectivity index (χ2v) is 5.82. The lowest BCUT2D eigenvalue weighted by molar-refractivity contribution is -0.119. The Labute approximate surface area is 113 Å². The Kier molecular flexibility index (Phi) is 5.46. The zero-order valence-corrected chi connectivity index (χ0v) is 11.9. The molecule has 0 heterocycles. The molecule has 106 valence electrons. The lowest BCUT2D eigenvalue weighted by Gasteiger charge is -2.10. The van der Waals surface area contributed by atoms with E-state index in [9.17, 15) is 13.2 Å². The Hall–Kier alpha value is -1.44. The van der Waals surface area contributed by atoms with E-state index in [1.807, 2.05) is 0 Å². The Morgan fingerprint density at radius 3 is 2.58 bits per heavy atom. The van der Waals surface area contributed by atoms with Gasteiger partial charge in [0.1, 0.15) is 0 Å². The number of carbonyl (C=O) groups excluding carboxylic acids is 1. The normalized spacial score (nSPS) is 11.3. The van der Waals surface area contributed by atoms with Crippen molar-refractivity contribution in [3.8, 4) is 0 Å². The summed E-state index contributed by atoms with van der Waals surface area (Å²) in [7, 11) is -3.68. The van der Waals surface area contributed by atoms with Gasteiger partial charge in [-0.2, -0.15) is 0 Å². The molecule has 0 spiro atoms. The summed E-state index contributed by atoms with van der Waals surface area (Å²) >= 11 is 0. The molecule has 0 aliphatic heterocycles. The number of hydrogen-bond acceptors (Lipinski definition) is 4. The number of carbonyl (C=O) groups is 1. The Balaban J connectivity index is 2.86. The molecule has 0 saturated carbocycles. The molecule has 0 aliphatic rings. The van der Waals surface area contributed by atoms with Crippen LogP contribution in [0, 0.1) is 6.92 Å². The summed E-state index contributed by atoms with van der Waals surface area (Å²) in [5.41, 5.74) is 6.96. The van der Waals surface area contributed by atoms with Crippen LogP contribution >= 0.6 is 0 Å². The van der Waals surface area contributed by atoms with Crippen molar-refractivity contribution in [3.05, 3.63) is 29.3 Å². The molecule has 6 nitrogen and oxygen atoms in total. The Morgan fingerprint density at radius 1 is 1.37 bits per heavy atom. The van der Waals surface area contributed by atoms with Crippen LogP contribution in [0.3, 0.4) is 0 Å². The van der Waals surface area contributed by atoms with Crippen molar-refractivity contribution >= 4 is 15.9 Å². The molecule has 4 N–H and O–H groups in total. The summed E-state index contributed by atoms with van der Waals surface area (Å²) in [4.78, 5) is 11.4. The largest absolute Gasteiger partial charge is 0.355 e. The number of nitrogens with one attached hydrogen (secondary N) is 2. The third-order valence-electron chi connectivity index (χ3n) is 2.56. The lowest BCUT2D eigenvalue weighted by atomic mass is 10.1. The number of rotatable bonds is 6. The highest BCUT2D eigenvalue weighted by molar-refractivity contribution is 7.89. The van der Waals surface area contributed by atoms with E-state index in [4.69, 9.17) is 5.73 Å². The lowest BCUT2D eigenvalue weighted by Crippen LogP contribution is -2.36. The van der Waals surface area contributed by atoms with Crippen LogP contribution in [0.4, 0.5) is 0 Å². The van der Waals surface area contributed by atoms with E-state index in [-0.39, 0.29) is 17.3 Å². The van der Waals surface area contributed by atoms with Gasteiger partial charge in [0.25, 0.3) is 0 Å². The van der Waals surface area contributed by atoms with Gasteiger partial charge in [0.2, 0.25) is 15.9 Å².